The summed E-state index contributed by atoms with van der Waals surface area (Å²) in [6.45, 7) is 1.60. The number of carbonyl (C=O) groups is 1. The molecule has 1 aromatic rings. The van der Waals surface area contributed by atoms with Crippen LogP contribution in [0.2, 0.25) is 5.02 Å². The number of carbonyl (C=O) groups excluding carboxylic acids is 1. The highest BCUT2D eigenvalue weighted by Crippen LogP contribution is 2.26. The zero-order chi connectivity index (χ0) is 18.0. The van der Waals surface area contributed by atoms with Crippen molar-refractivity contribution >= 4 is 38.3 Å². The van der Waals surface area contributed by atoms with Gasteiger partial charge in [-0.1, -0.05) is 11.6 Å². The first-order valence-electron chi connectivity index (χ1n) is 8.27. The largest absolute Gasteiger partial charge is 0.341 e. The third-order valence-electron chi connectivity index (χ3n) is 4.67. The van der Waals surface area contributed by atoms with Crippen LogP contribution in [0.25, 0.3) is 0 Å². The molecule has 1 atom stereocenters. The Bertz CT molecular complexity index is 757. The average Bonchev–Trinajstić information content (AvgIpc) is 2.62. The maximum atomic E-state index is 12.8. The maximum absolute atomic E-state index is 12.8. The number of sulfonamides is 1. The van der Waals surface area contributed by atoms with Gasteiger partial charge < -0.3 is 4.90 Å². The van der Waals surface area contributed by atoms with E-state index in [1.807, 2.05) is 0 Å². The molecule has 2 aliphatic rings. The van der Waals surface area contributed by atoms with Gasteiger partial charge in [0.05, 0.1) is 10.8 Å². The maximum Gasteiger partial charge on any atom is 0.243 e. The first-order chi connectivity index (χ1) is 11.9. The molecule has 25 heavy (non-hydrogen) atoms. The highest BCUT2D eigenvalue weighted by molar-refractivity contribution is 7.89. The third kappa shape index (κ3) is 4.24. The van der Waals surface area contributed by atoms with Crippen LogP contribution in [-0.2, 0) is 25.6 Å². The zero-order valence-electron chi connectivity index (χ0n) is 13.8. The Kier molecular flexibility index (Phi) is 5.82. The SMILES string of the molecule is O=C(C1CCCN(S(=O)(=O)c2ccc(Cl)cc2)C1)N1CCS(=O)CC1. The number of hydrogen-bond acceptors (Lipinski definition) is 4. The molecule has 2 aliphatic heterocycles. The Balaban J connectivity index is 1.71. The molecule has 2 fully saturated rings. The van der Waals surface area contributed by atoms with Crippen molar-refractivity contribution in [2.75, 3.05) is 37.7 Å². The summed E-state index contributed by atoms with van der Waals surface area (Å²) in [7, 11) is -4.47. The van der Waals surface area contributed by atoms with E-state index in [0.717, 1.165) is 0 Å². The van der Waals surface area contributed by atoms with E-state index in [-0.39, 0.29) is 23.3 Å². The van der Waals surface area contributed by atoms with Gasteiger partial charge in [-0.3, -0.25) is 9.00 Å². The van der Waals surface area contributed by atoms with Crippen LogP contribution in [0.5, 0.6) is 0 Å². The van der Waals surface area contributed by atoms with Crippen LogP contribution in [0.3, 0.4) is 0 Å². The number of piperidine rings is 1. The first-order valence-corrected chi connectivity index (χ1v) is 11.6. The van der Waals surface area contributed by atoms with Crippen LogP contribution in [0.4, 0.5) is 0 Å². The average molecular weight is 405 g/mol. The fraction of sp³-hybridized carbons (Fsp3) is 0.562. The van der Waals surface area contributed by atoms with Crippen molar-refractivity contribution in [2.24, 2.45) is 5.92 Å². The lowest BCUT2D eigenvalue weighted by Crippen LogP contribution is -2.49. The van der Waals surface area contributed by atoms with E-state index >= 15 is 0 Å². The van der Waals surface area contributed by atoms with Crippen LogP contribution in [-0.4, -0.2) is 65.4 Å². The molecule has 1 aromatic carbocycles. The van der Waals surface area contributed by atoms with Gasteiger partial charge in [-0.2, -0.15) is 4.31 Å². The molecule has 0 radical (unpaired) electrons. The standard InChI is InChI=1S/C16H21ClN2O4S2/c17-14-3-5-15(6-4-14)25(22,23)19-7-1-2-13(12-19)16(20)18-8-10-24(21)11-9-18/h3-6,13H,1-2,7-12H2. The van der Waals surface area contributed by atoms with Crippen molar-refractivity contribution in [3.05, 3.63) is 29.3 Å². The lowest BCUT2D eigenvalue weighted by molar-refractivity contribution is -0.136. The number of hydrogen-bond donors (Lipinski definition) is 0. The van der Waals surface area contributed by atoms with Gasteiger partial charge in [-0.25, -0.2) is 8.42 Å². The molecule has 0 aromatic heterocycles. The highest BCUT2D eigenvalue weighted by atomic mass is 35.5. The van der Waals surface area contributed by atoms with Crippen molar-refractivity contribution in [3.63, 3.8) is 0 Å². The summed E-state index contributed by atoms with van der Waals surface area (Å²) in [6, 6.07) is 6.08. The quantitative estimate of drug-likeness (QED) is 0.761. The molecule has 0 aliphatic carbocycles. The Morgan fingerprint density at radius 3 is 2.40 bits per heavy atom. The molecular weight excluding hydrogens is 384 g/mol. The minimum atomic E-state index is -3.63. The molecule has 0 spiro atoms. The van der Waals surface area contributed by atoms with Gasteiger partial charge in [0, 0.05) is 53.5 Å². The smallest absolute Gasteiger partial charge is 0.243 e. The lowest BCUT2D eigenvalue weighted by atomic mass is 9.98. The fourth-order valence-electron chi connectivity index (χ4n) is 3.23. The van der Waals surface area contributed by atoms with Gasteiger partial charge in [-0.15, -0.1) is 0 Å². The molecular formula is C16H21ClN2O4S2. The monoisotopic (exact) mass is 404 g/mol. The van der Waals surface area contributed by atoms with Crippen molar-refractivity contribution in [2.45, 2.75) is 17.7 Å². The normalized spacial score (nSPS) is 23.6. The molecule has 2 heterocycles. The van der Waals surface area contributed by atoms with Gasteiger partial charge in [0.2, 0.25) is 15.9 Å². The fourth-order valence-corrected chi connectivity index (χ4v) is 5.94. The number of rotatable bonds is 3. The molecule has 138 valence electrons. The Hall–Kier alpha value is -0.960. The van der Waals surface area contributed by atoms with Crippen molar-refractivity contribution in [1.82, 2.24) is 9.21 Å². The topological polar surface area (TPSA) is 74.8 Å². The molecule has 1 unspecified atom stereocenters. The van der Waals surface area contributed by atoms with E-state index in [4.69, 9.17) is 11.6 Å². The molecule has 1 amide bonds. The summed E-state index contributed by atoms with van der Waals surface area (Å²) in [5, 5.41) is 0.480. The first kappa shape index (κ1) is 18.8. The highest BCUT2D eigenvalue weighted by Gasteiger charge is 2.35. The van der Waals surface area contributed by atoms with E-state index in [0.29, 0.717) is 49.0 Å². The van der Waals surface area contributed by atoms with Gasteiger partial charge >= 0.3 is 0 Å². The lowest BCUT2D eigenvalue weighted by Gasteiger charge is -2.35. The minimum Gasteiger partial charge on any atom is -0.341 e. The van der Waals surface area contributed by atoms with E-state index in [9.17, 15) is 17.4 Å². The van der Waals surface area contributed by atoms with Crippen LogP contribution >= 0.6 is 11.6 Å². The number of benzene rings is 1. The summed E-state index contributed by atoms with van der Waals surface area (Å²) in [4.78, 5) is 14.6. The number of halogens is 1. The molecule has 0 saturated carbocycles. The molecule has 0 N–H and O–H groups in total. The van der Waals surface area contributed by atoms with Crippen molar-refractivity contribution in [3.8, 4) is 0 Å². The second-order valence-electron chi connectivity index (χ2n) is 6.33. The van der Waals surface area contributed by atoms with E-state index < -0.39 is 20.8 Å². The van der Waals surface area contributed by atoms with E-state index in [1.54, 1.807) is 17.0 Å². The molecule has 2 saturated heterocycles. The third-order valence-corrected chi connectivity index (χ3v) is 8.08. The second-order valence-corrected chi connectivity index (χ2v) is 10.4. The Morgan fingerprint density at radius 2 is 1.76 bits per heavy atom. The summed E-state index contributed by atoms with van der Waals surface area (Å²) in [5.74, 6) is 0.659. The van der Waals surface area contributed by atoms with E-state index in [1.165, 1.54) is 16.4 Å². The zero-order valence-corrected chi connectivity index (χ0v) is 16.2. The van der Waals surface area contributed by atoms with Gasteiger partial charge in [-0.05, 0) is 37.1 Å². The molecule has 6 nitrogen and oxygen atoms in total. The number of nitrogens with zero attached hydrogens (tertiary/aromatic N) is 2. The van der Waals surface area contributed by atoms with Crippen molar-refractivity contribution < 1.29 is 17.4 Å². The Morgan fingerprint density at radius 1 is 1.12 bits per heavy atom. The molecule has 9 heteroatoms. The predicted octanol–water partition coefficient (Wildman–Crippen LogP) is 1.33. The molecule has 3 rings (SSSR count). The second kappa shape index (κ2) is 7.73. The van der Waals surface area contributed by atoms with E-state index in [2.05, 4.69) is 0 Å². The summed E-state index contributed by atoms with van der Waals surface area (Å²) in [6.07, 6.45) is 1.34. The van der Waals surface area contributed by atoms with Crippen LogP contribution in [0, 0.1) is 5.92 Å². The minimum absolute atomic E-state index is 0.0206. The summed E-state index contributed by atoms with van der Waals surface area (Å²) in [5.41, 5.74) is 0. The van der Waals surface area contributed by atoms with Gasteiger partial charge in [0.15, 0.2) is 0 Å². The van der Waals surface area contributed by atoms with Gasteiger partial charge in [0.25, 0.3) is 0 Å². The molecule has 0 bridgehead atoms. The number of amides is 1. The van der Waals surface area contributed by atoms with Crippen LogP contribution in [0.15, 0.2) is 29.2 Å². The van der Waals surface area contributed by atoms with Crippen LogP contribution < -0.4 is 0 Å². The summed E-state index contributed by atoms with van der Waals surface area (Å²) >= 11 is 5.83. The Labute approximate surface area is 155 Å². The predicted molar refractivity (Wildman–Crippen MR) is 97.4 cm³/mol. The van der Waals surface area contributed by atoms with Crippen LogP contribution in [0.1, 0.15) is 12.8 Å². The van der Waals surface area contributed by atoms with Crippen molar-refractivity contribution in [1.29, 1.82) is 0 Å². The van der Waals surface area contributed by atoms with Gasteiger partial charge in [0.1, 0.15) is 0 Å². The summed E-state index contributed by atoms with van der Waals surface area (Å²) < 4.78 is 38.4.